The van der Waals surface area contributed by atoms with Gasteiger partial charge in [-0.2, -0.15) is 0 Å². The van der Waals surface area contributed by atoms with Crippen LogP contribution >= 0.6 is 11.3 Å². The van der Waals surface area contributed by atoms with Crippen LogP contribution in [0.1, 0.15) is 42.8 Å². The molecular formula is C12H20N2OS. The summed E-state index contributed by atoms with van der Waals surface area (Å²) in [6.07, 6.45) is 5.94. The van der Waals surface area contributed by atoms with Gasteiger partial charge in [0.25, 0.3) is 0 Å². The number of rotatable bonds is 4. The predicted molar refractivity (Wildman–Crippen MR) is 66.6 cm³/mol. The maximum Gasteiger partial charge on any atom is 0.107 e. The number of thiazole rings is 1. The number of hydrogen-bond donors (Lipinski definition) is 2. The average Bonchev–Trinajstić information content (AvgIpc) is 2.74. The second-order valence-corrected chi connectivity index (χ2v) is 5.68. The highest BCUT2D eigenvalue weighted by atomic mass is 32.1. The summed E-state index contributed by atoms with van der Waals surface area (Å²) in [5, 5.41) is 16.3. The van der Waals surface area contributed by atoms with E-state index in [9.17, 15) is 5.11 Å². The van der Waals surface area contributed by atoms with Crippen molar-refractivity contribution in [1.82, 2.24) is 10.3 Å². The van der Waals surface area contributed by atoms with Crippen molar-refractivity contribution in [2.45, 2.75) is 51.1 Å². The Kier molecular flexibility index (Phi) is 3.95. The van der Waals surface area contributed by atoms with E-state index in [1.54, 1.807) is 11.3 Å². The summed E-state index contributed by atoms with van der Waals surface area (Å²) in [5.74, 6) is 0. The van der Waals surface area contributed by atoms with Crippen LogP contribution in [-0.2, 0) is 6.54 Å². The summed E-state index contributed by atoms with van der Waals surface area (Å²) in [4.78, 5) is 4.43. The lowest BCUT2D eigenvalue weighted by molar-refractivity contribution is 0.119. The number of aromatic nitrogens is 1. The van der Waals surface area contributed by atoms with Crippen molar-refractivity contribution in [3.05, 3.63) is 16.1 Å². The third-order valence-corrected chi connectivity index (χ3v) is 4.36. The molecule has 0 atom stereocenters. The summed E-state index contributed by atoms with van der Waals surface area (Å²) in [7, 11) is 0. The zero-order valence-electron chi connectivity index (χ0n) is 9.83. The molecule has 1 aliphatic rings. The molecule has 0 aromatic carbocycles. The van der Waals surface area contributed by atoms with E-state index in [0.29, 0.717) is 0 Å². The lowest BCUT2D eigenvalue weighted by atomic mass is 9.82. The topological polar surface area (TPSA) is 45.1 Å². The first-order chi connectivity index (χ1) is 7.74. The summed E-state index contributed by atoms with van der Waals surface area (Å²) in [6, 6.07) is 0. The van der Waals surface area contributed by atoms with Gasteiger partial charge in [0.15, 0.2) is 0 Å². The van der Waals surface area contributed by atoms with Gasteiger partial charge in [-0.25, -0.2) is 4.98 Å². The first kappa shape index (κ1) is 12.0. The number of aliphatic hydroxyl groups is 1. The summed E-state index contributed by atoms with van der Waals surface area (Å²) in [6.45, 7) is 3.05. The van der Waals surface area contributed by atoms with Gasteiger partial charge < -0.3 is 10.4 Å². The fourth-order valence-corrected chi connectivity index (χ4v) is 3.08. The standard InChI is InChI=1S/C12H20N2OS/c1-10-8-16-11(14-10)7-13-12(9-15)5-3-2-4-6-12/h8,13,15H,2-7,9H2,1H3. The molecule has 0 radical (unpaired) electrons. The first-order valence-corrected chi connectivity index (χ1v) is 6.89. The van der Waals surface area contributed by atoms with Gasteiger partial charge in [0.05, 0.1) is 6.61 Å². The monoisotopic (exact) mass is 240 g/mol. The van der Waals surface area contributed by atoms with Crippen molar-refractivity contribution < 1.29 is 5.11 Å². The van der Waals surface area contributed by atoms with Crippen LogP contribution in [0.15, 0.2) is 5.38 Å². The van der Waals surface area contributed by atoms with E-state index >= 15 is 0 Å². The van der Waals surface area contributed by atoms with Crippen LogP contribution < -0.4 is 5.32 Å². The third kappa shape index (κ3) is 2.81. The van der Waals surface area contributed by atoms with Crippen LogP contribution in [0, 0.1) is 6.92 Å². The Morgan fingerprint density at radius 1 is 1.44 bits per heavy atom. The minimum Gasteiger partial charge on any atom is -0.394 e. The second kappa shape index (κ2) is 5.25. The molecule has 2 rings (SSSR count). The highest BCUT2D eigenvalue weighted by Gasteiger charge is 2.30. The number of aryl methyl sites for hydroxylation is 1. The van der Waals surface area contributed by atoms with Gasteiger partial charge in [0.2, 0.25) is 0 Å². The molecule has 1 saturated carbocycles. The number of nitrogens with zero attached hydrogens (tertiary/aromatic N) is 1. The molecule has 1 aliphatic carbocycles. The molecule has 0 spiro atoms. The molecule has 0 unspecified atom stereocenters. The Balaban J connectivity index is 1.91. The fraction of sp³-hybridized carbons (Fsp3) is 0.750. The van der Waals surface area contributed by atoms with Crippen LogP contribution in [0.25, 0.3) is 0 Å². The Hall–Kier alpha value is -0.450. The molecule has 1 heterocycles. The lowest BCUT2D eigenvalue weighted by Crippen LogP contribution is -2.49. The van der Waals surface area contributed by atoms with Gasteiger partial charge in [0.1, 0.15) is 5.01 Å². The molecule has 0 saturated heterocycles. The highest BCUT2D eigenvalue weighted by molar-refractivity contribution is 7.09. The predicted octanol–water partition coefficient (Wildman–Crippen LogP) is 2.24. The third-order valence-electron chi connectivity index (χ3n) is 3.39. The first-order valence-electron chi connectivity index (χ1n) is 6.01. The van der Waals surface area contributed by atoms with E-state index in [2.05, 4.69) is 15.7 Å². The highest BCUT2D eigenvalue weighted by Crippen LogP contribution is 2.28. The molecule has 0 amide bonds. The molecule has 0 aliphatic heterocycles. The largest absolute Gasteiger partial charge is 0.394 e. The summed E-state index contributed by atoms with van der Waals surface area (Å²) < 4.78 is 0. The molecule has 1 aromatic rings. The molecule has 3 nitrogen and oxygen atoms in total. The Morgan fingerprint density at radius 2 is 2.19 bits per heavy atom. The van der Waals surface area contributed by atoms with E-state index in [1.165, 1.54) is 19.3 Å². The van der Waals surface area contributed by atoms with Crippen LogP contribution in [-0.4, -0.2) is 22.2 Å². The van der Waals surface area contributed by atoms with Crippen LogP contribution in [0.2, 0.25) is 0 Å². The van der Waals surface area contributed by atoms with Crippen molar-refractivity contribution in [3.8, 4) is 0 Å². The Morgan fingerprint density at radius 3 is 2.75 bits per heavy atom. The molecule has 4 heteroatoms. The molecule has 1 aromatic heterocycles. The van der Waals surface area contributed by atoms with Crippen LogP contribution in [0.5, 0.6) is 0 Å². The van der Waals surface area contributed by atoms with Crippen molar-refractivity contribution >= 4 is 11.3 Å². The molecule has 0 bridgehead atoms. The minimum atomic E-state index is -0.0438. The average molecular weight is 240 g/mol. The van der Waals surface area contributed by atoms with E-state index in [-0.39, 0.29) is 12.1 Å². The lowest BCUT2D eigenvalue weighted by Gasteiger charge is -2.36. The van der Waals surface area contributed by atoms with Gasteiger partial charge in [0, 0.05) is 23.2 Å². The molecular weight excluding hydrogens is 220 g/mol. The van der Waals surface area contributed by atoms with Gasteiger partial charge in [-0.05, 0) is 19.8 Å². The van der Waals surface area contributed by atoms with Gasteiger partial charge in [-0.1, -0.05) is 19.3 Å². The normalized spacial score (nSPS) is 19.9. The minimum absolute atomic E-state index is 0.0438. The van der Waals surface area contributed by atoms with Crippen LogP contribution in [0.4, 0.5) is 0 Å². The second-order valence-electron chi connectivity index (χ2n) is 4.74. The van der Waals surface area contributed by atoms with E-state index in [1.807, 2.05) is 6.92 Å². The smallest absolute Gasteiger partial charge is 0.107 e. The van der Waals surface area contributed by atoms with E-state index in [0.717, 1.165) is 30.1 Å². The van der Waals surface area contributed by atoms with Crippen molar-refractivity contribution in [2.75, 3.05) is 6.61 Å². The Labute approximate surface area is 101 Å². The molecule has 90 valence electrons. The number of nitrogens with one attached hydrogen (secondary N) is 1. The molecule has 16 heavy (non-hydrogen) atoms. The van der Waals surface area contributed by atoms with Crippen LogP contribution in [0.3, 0.4) is 0 Å². The van der Waals surface area contributed by atoms with Crippen molar-refractivity contribution in [3.63, 3.8) is 0 Å². The maximum atomic E-state index is 9.55. The van der Waals surface area contributed by atoms with Crippen molar-refractivity contribution in [2.24, 2.45) is 0 Å². The maximum absolute atomic E-state index is 9.55. The SMILES string of the molecule is Cc1csc(CNC2(CO)CCCCC2)n1. The summed E-state index contributed by atoms with van der Waals surface area (Å²) >= 11 is 1.69. The van der Waals surface area contributed by atoms with Crippen molar-refractivity contribution in [1.29, 1.82) is 0 Å². The van der Waals surface area contributed by atoms with Gasteiger partial charge in [-0.15, -0.1) is 11.3 Å². The van der Waals surface area contributed by atoms with Gasteiger partial charge in [-0.3, -0.25) is 0 Å². The quantitative estimate of drug-likeness (QED) is 0.848. The van der Waals surface area contributed by atoms with Gasteiger partial charge >= 0.3 is 0 Å². The number of hydrogen-bond acceptors (Lipinski definition) is 4. The van der Waals surface area contributed by atoms with E-state index < -0.39 is 0 Å². The molecule has 2 N–H and O–H groups in total. The molecule has 1 fully saturated rings. The van der Waals surface area contributed by atoms with E-state index in [4.69, 9.17) is 0 Å². The number of aliphatic hydroxyl groups excluding tert-OH is 1. The zero-order chi connectivity index (χ0) is 11.4. The fourth-order valence-electron chi connectivity index (χ4n) is 2.37. The summed E-state index contributed by atoms with van der Waals surface area (Å²) in [5.41, 5.74) is 1.04. The zero-order valence-corrected chi connectivity index (χ0v) is 10.6. The Bertz CT molecular complexity index is 332.